The number of hydrogen-bond acceptors (Lipinski definition) is 2. The summed E-state index contributed by atoms with van der Waals surface area (Å²) in [5.74, 6) is 0. The number of rotatable bonds is 14. The summed E-state index contributed by atoms with van der Waals surface area (Å²) in [4.78, 5) is 5.39. The second-order valence-corrected chi connectivity index (χ2v) is 22.4. The van der Waals surface area contributed by atoms with Crippen LogP contribution in [0.3, 0.4) is 0 Å². The lowest BCUT2D eigenvalue weighted by Crippen LogP contribution is -2.61. The second kappa shape index (κ2) is 21.5. The first-order valence-electron chi connectivity index (χ1n) is 29.8. The lowest BCUT2D eigenvalue weighted by Gasteiger charge is -2.46. The number of unbranched alkanes of at least 4 members (excludes halogenated alkanes) is 4. The Morgan fingerprint density at radius 3 is 1.25 bits per heavy atom. The predicted octanol–water partition coefficient (Wildman–Crippen LogP) is 19.7. The summed E-state index contributed by atoms with van der Waals surface area (Å²) in [6.07, 6.45) is 6.96. The van der Waals surface area contributed by atoms with Gasteiger partial charge in [-0.15, -0.1) is 0 Å². The average molecular weight is 1060 g/mol. The van der Waals surface area contributed by atoms with Crippen molar-refractivity contribution in [3.8, 4) is 61.3 Å². The van der Waals surface area contributed by atoms with E-state index >= 15 is 0 Å². The third-order valence-electron chi connectivity index (χ3n) is 17.5. The van der Waals surface area contributed by atoms with E-state index in [0.29, 0.717) is 0 Å². The van der Waals surface area contributed by atoms with Crippen molar-refractivity contribution in [1.29, 1.82) is 0 Å². The normalized spacial score (nSPS) is 12.4. The van der Waals surface area contributed by atoms with E-state index in [-0.39, 0.29) is 6.71 Å². The van der Waals surface area contributed by atoms with E-state index in [1.165, 1.54) is 154 Å². The molecule has 0 atom stereocenters. The molecular formula is C79H62BN3. The molecule has 396 valence electrons. The molecule has 4 heteroatoms. The number of anilines is 6. The van der Waals surface area contributed by atoms with E-state index in [4.69, 9.17) is 0 Å². The zero-order chi connectivity index (χ0) is 55.2. The van der Waals surface area contributed by atoms with Crippen molar-refractivity contribution in [1.82, 2.24) is 4.57 Å². The Morgan fingerprint density at radius 1 is 0.313 bits per heavy atom. The molecule has 0 N–H and O–H groups in total. The van der Waals surface area contributed by atoms with Gasteiger partial charge in [0.15, 0.2) is 0 Å². The summed E-state index contributed by atoms with van der Waals surface area (Å²) in [5.41, 5.74) is 27.7. The molecule has 0 amide bonds. The van der Waals surface area contributed by atoms with Crippen LogP contribution in [0.1, 0.15) is 44.6 Å². The van der Waals surface area contributed by atoms with Gasteiger partial charge in [0, 0.05) is 61.5 Å². The van der Waals surface area contributed by atoms with Crippen molar-refractivity contribution in [2.24, 2.45) is 0 Å². The highest BCUT2D eigenvalue weighted by molar-refractivity contribution is 7.00. The highest BCUT2D eigenvalue weighted by atomic mass is 15.2. The quantitative estimate of drug-likeness (QED) is 0.0794. The standard InChI is InChI=1S/C79H62BN3/c1-2-3-4-5-11-28-55-51-75-77-76(52-55)83(79-65(59-35-18-9-19-36-59)43-27-44-66(79)60-37-20-10-21-38-60)74-54-62(81-71-45-24-22-39-67(71)68-40-23-25-46-72(68)81)48-49-69(74)80(77)70-53-61(56-29-12-6-13-30-56)47-50-73(70)82(75)78-63(57-31-14-7-15-32-57)41-26-42-64(78)58-33-16-8-17-34-58/h6-10,12-27,29-54H,2-5,11,28H2,1H3. The van der Waals surface area contributed by atoms with Crippen LogP contribution in [-0.2, 0) is 6.42 Å². The van der Waals surface area contributed by atoms with Gasteiger partial charge < -0.3 is 14.4 Å². The summed E-state index contributed by atoms with van der Waals surface area (Å²) < 4.78 is 2.49. The van der Waals surface area contributed by atoms with Crippen molar-refractivity contribution in [3.63, 3.8) is 0 Å². The first-order valence-corrected chi connectivity index (χ1v) is 29.8. The van der Waals surface area contributed by atoms with E-state index in [2.05, 4.69) is 306 Å². The minimum Gasteiger partial charge on any atom is -0.310 e. The molecule has 3 nitrogen and oxygen atoms in total. The van der Waals surface area contributed by atoms with Crippen LogP contribution < -0.4 is 26.2 Å². The number of nitrogens with zero attached hydrogens (tertiary/aromatic N) is 3. The summed E-state index contributed by atoms with van der Waals surface area (Å²) >= 11 is 0. The third-order valence-corrected chi connectivity index (χ3v) is 17.5. The molecule has 0 radical (unpaired) electrons. The van der Waals surface area contributed by atoms with Crippen molar-refractivity contribution in [2.45, 2.75) is 45.4 Å². The van der Waals surface area contributed by atoms with Gasteiger partial charge >= 0.3 is 0 Å². The lowest BCUT2D eigenvalue weighted by atomic mass is 9.33. The van der Waals surface area contributed by atoms with E-state index in [1.54, 1.807) is 0 Å². The van der Waals surface area contributed by atoms with Crippen LogP contribution in [0.25, 0.3) is 83.1 Å². The zero-order valence-electron chi connectivity index (χ0n) is 46.8. The van der Waals surface area contributed by atoms with Crippen molar-refractivity contribution in [2.75, 3.05) is 9.80 Å². The van der Waals surface area contributed by atoms with Crippen LogP contribution in [0.2, 0.25) is 0 Å². The Bertz CT molecular complexity index is 4350. The number of aromatic nitrogens is 1. The van der Waals surface area contributed by atoms with Gasteiger partial charge in [0.05, 0.1) is 22.4 Å². The molecule has 0 saturated carbocycles. The maximum Gasteiger partial charge on any atom is 0.252 e. The highest BCUT2D eigenvalue weighted by Crippen LogP contribution is 2.53. The molecule has 2 aliphatic rings. The van der Waals surface area contributed by atoms with Gasteiger partial charge in [-0.05, 0) is 111 Å². The number of para-hydroxylation sites is 4. The Kier molecular flexibility index (Phi) is 13.0. The van der Waals surface area contributed by atoms with Gasteiger partial charge in [0.1, 0.15) is 0 Å². The lowest BCUT2D eigenvalue weighted by molar-refractivity contribution is 0.632. The maximum atomic E-state index is 2.71. The van der Waals surface area contributed by atoms with E-state index in [9.17, 15) is 0 Å². The number of aryl methyl sites for hydroxylation is 1. The molecule has 15 rings (SSSR count). The summed E-state index contributed by atoms with van der Waals surface area (Å²) in [5, 5.41) is 2.50. The third kappa shape index (κ3) is 8.76. The van der Waals surface area contributed by atoms with Crippen LogP contribution in [0.4, 0.5) is 34.1 Å². The first kappa shape index (κ1) is 50.1. The smallest absolute Gasteiger partial charge is 0.252 e. The molecule has 0 fully saturated rings. The number of benzene rings is 12. The maximum absolute atomic E-state index is 2.71. The molecule has 3 heterocycles. The van der Waals surface area contributed by atoms with Crippen molar-refractivity contribution in [3.05, 3.63) is 291 Å². The predicted molar refractivity (Wildman–Crippen MR) is 354 cm³/mol. The molecular weight excluding hydrogens is 1000 g/mol. The van der Waals surface area contributed by atoms with Crippen molar-refractivity contribution >= 4 is 79.0 Å². The Hall–Kier alpha value is -9.90. The van der Waals surface area contributed by atoms with Gasteiger partial charge in [-0.25, -0.2) is 0 Å². The largest absolute Gasteiger partial charge is 0.310 e. The molecule has 0 bridgehead atoms. The molecule has 1 aromatic heterocycles. The van der Waals surface area contributed by atoms with Crippen LogP contribution in [-0.4, -0.2) is 11.3 Å². The van der Waals surface area contributed by atoms with Crippen molar-refractivity contribution < 1.29 is 0 Å². The van der Waals surface area contributed by atoms with Gasteiger partial charge in [0.25, 0.3) is 6.71 Å². The molecule has 13 aromatic rings. The molecule has 0 saturated heterocycles. The van der Waals surface area contributed by atoms with Gasteiger partial charge in [-0.1, -0.05) is 275 Å². The molecule has 12 aromatic carbocycles. The highest BCUT2D eigenvalue weighted by Gasteiger charge is 2.45. The fraction of sp³-hybridized carbons (Fsp3) is 0.0886. The van der Waals surface area contributed by atoms with Crippen LogP contribution in [0.5, 0.6) is 0 Å². The van der Waals surface area contributed by atoms with E-state index in [0.717, 1.165) is 24.2 Å². The summed E-state index contributed by atoms with van der Waals surface area (Å²) in [6, 6.07) is 107. The number of hydrogen-bond donors (Lipinski definition) is 0. The Balaban J connectivity index is 1.10. The molecule has 0 unspecified atom stereocenters. The fourth-order valence-corrected chi connectivity index (χ4v) is 13.7. The SMILES string of the molecule is CCCCCCCc1cc2c3c(c1)N(c1c(-c4ccccc4)cccc1-c1ccccc1)c1cc(-n4c5ccccc5c5ccccc54)ccc1B3c1cc(-c3ccccc3)ccc1N2c1c(-c2ccccc2)cccc1-c1ccccc1. The monoisotopic (exact) mass is 1060 g/mol. The van der Waals surface area contributed by atoms with Gasteiger partial charge in [-0.3, -0.25) is 0 Å². The first-order chi connectivity index (χ1) is 41.2. The van der Waals surface area contributed by atoms with Crippen LogP contribution >= 0.6 is 0 Å². The van der Waals surface area contributed by atoms with E-state index < -0.39 is 0 Å². The minimum absolute atomic E-state index is 0.139. The van der Waals surface area contributed by atoms with E-state index in [1.807, 2.05) is 0 Å². The Labute approximate surface area is 488 Å². The molecule has 2 aliphatic heterocycles. The molecule has 83 heavy (non-hydrogen) atoms. The summed E-state index contributed by atoms with van der Waals surface area (Å²) in [6.45, 7) is 2.17. The van der Waals surface area contributed by atoms with Gasteiger partial charge in [0.2, 0.25) is 0 Å². The summed E-state index contributed by atoms with van der Waals surface area (Å²) in [7, 11) is 0. The molecule has 0 spiro atoms. The van der Waals surface area contributed by atoms with Crippen LogP contribution in [0.15, 0.2) is 285 Å². The zero-order valence-corrected chi connectivity index (χ0v) is 46.8. The fourth-order valence-electron chi connectivity index (χ4n) is 13.7. The van der Waals surface area contributed by atoms with Crippen LogP contribution in [0, 0.1) is 0 Å². The Morgan fingerprint density at radius 2 is 0.759 bits per heavy atom. The average Bonchev–Trinajstić information content (AvgIpc) is 4.15. The minimum atomic E-state index is -0.139. The number of fused-ring (bicyclic) bond motifs is 7. The topological polar surface area (TPSA) is 11.4 Å². The second-order valence-electron chi connectivity index (χ2n) is 22.4. The molecule has 0 aliphatic carbocycles. The van der Waals surface area contributed by atoms with Gasteiger partial charge in [-0.2, -0.15) is 0 Å².